The van der Waals surface area contributed by atoms with Gasteiger partial charge < -0.3 is 15.8 Å². The van der Waals surface area contributed by atoms with Crippen LogP contribution in [-0.2, 0) is 6.54 Å². The van der Waals surface area contributed by atoms with E-state index in [9.17, 15) is 4.79 Å². The molecule has 0 saturated heterocycles. The lowest BCUT2D eigenvalue weighted by atomic mass is 10.2. The highest BCUT2D eigenvalue weighted by molar-refractivity contribution is 14.1. The summed E-state index contributed by atoms with van der Waals surface area (Å²) in [6.07, 6.45) is 1.55. The van der Waals surface area contributed by atoms with Crippen molar-refractivity contribution in [1.82, 2.24) is 10.3 Å². The number of halogens is 1. The van der Waals surface area contributed by atoms with Crippen LogP contribution in [0.3, 0.4) is 0 Å². The van der Waals surface area contributed by atoms with E-state index in [1.165, 1.54) is 0 Å². The summed E-state index contributed by atoms with van der Waals surface area (Å²) in [5.41, 5.74) is 7.02. The van der Waals surface area contributed by atoms with E-state index in [0.717, 1.165) is 20.6 Å². The summed E-state index contributed by atoms with van der Waals surface area (Å²) in [5, 5.41) is 2.84. The summed E-state index contributed by atoms with van der Waals surface area (Å²) < 4.78 is 6.94. The SMILES string of the molecule is Nc1ncccc1C(=O)NCc1cccc(Oc2ccccc2I)c1. The maximum Gasteiger partial charge on any atom is 0.255 e. The van der Waals surface area contributed by atoms with E-state index in [1.54, 1.807) is 18.3 Å². The van der Waals surface area contributed by atoms with Gasteiger partial charge in [-0.3, -0.25) is 4.79 Å². The fourth-order valence-electron chi connectivity index (χ4n) is 2.26. The van der Waals surface area contributed by atoms with Crippen molar-refractivity contribution in [3.8, 4) is 11.5 Å². The molecule has 0 saturated carbocycles. The molecule has 0 bridgehead atoms. The normalized spacial score (nSPS) is 10.3. The number of rotatable bonds is 5. The lowest BCUT2D eigenvalue weighted by Gasteiger charge is -2.10. The zero-order valence-electron chi connectivity index (χ0n) is 13.3. The Hall–Kier alpha value is -2.61. The number of carbonyl (C=O) groups excluding carboxylic acids is 1. The number of aromatic nitrogens is 1. The number of nitrogens with one attached hydrogen (secondary N) is 1. The monoisotopic (exact) mass is 445 g/mol. The van der Waals surface area contributed by atoms with Crippen molar-refractivity contribution in [2.75, 3.05) is 5.73 Å². The number of ether oxygens (including phenoxy) is 1. The van der Waals surface area contributed by atoms with Crippen LogP contribution in [-0.4, -0.2) is 10.9 Å². The minimum Gasteiger partial charge on any atom is -0.456 e. The number of nitrogens with zero attached hydrogens (tertiary/aromatic N) is 1. The molecule has 1 heterocycles. The average molecular weight is 445 g/mol. The van der Waals surface area contributed by atoms with E-state index in [4.69, 9.17) is 10.5 Å². The summed E-state index contributed by atoms with van der Waals surface area (Å²) in [7, 11) is 0. The van der Waals surface area contributed by atoms with Crippen LogP contribution in [0.5, 0.6) is 11.5 Å². The molecule has 0 aliphatic carbocycles. The van der Waals surface area contributed by atoms with Gasteiger partial charge in [0, 0.05) is 12.7 Å². The number of nitrogen functional groups attached to an aromatic ring is 1. The fraction of sp³-hybridized carbons (Fsp3) is 0.0526. The Kier molecular flexibility index (Phi) is 5.49. The van der Waals surface area contributed by atoms with Crippen molar-refractivity contribution in [3.63, 3.8) is 0 Å². The van der Waals surface area contributed by atoms with Crippen LogP contribution in [0.2, 0.25) is 0 Å². The zero-order valence-corrected chi connectivity index (χ0v) is 15.4. The molecular weight excluding hydrogens is 429 g/mol. The van der Waals surface area contributed by atoms with E-state index in [-0.39, 0.29) is 11.7 Å². The van der Waals surface area contributed by atoms with Gasteiger partial charge in [0.15, 0.2) is 0 Å². The Morgan fingerprint density at radius 1 is 1.12 bits per heavy atom. The minimum absolute atomic E-state index is 0.218. The molecule has 0 fully saturated rings. The molecule has 5 nitrogen and oxygen atoms in total. The molecule has 1 aromatic heterocycles. The number of nitrogens with two attached hydrogens (primary N) is 1. The molecular formula is C19H16IN3O2. The third-order valence-corrected chi connectivity index (χ3v) is 4.39. The topological polar surface area (TPSA) is 77.2 Å². The molecule has 0 atom stereocenters. The predicted molar refractivity (Wildman–Crippen MR) is 105 cm³/mol. The van der Waals surface area contributed by atoms with Gasteiger partial charge in [-0.25, -0.2) is 4.98 Å². The first kappa shape index (κ1) is 17.2. The Morgan fingerprint density at radius 2 is 1.96 bits per heavy atom. The van der Waals surface area contributed by atoms with Crippen LogP contribution < -0.4 is 15.8 Å². The highest BCUT2D eigenvalue weighted by atomic mass is 127. The van der Waals surface area contributed by atoms with Crippen LogP contribution in [0.15, 0.2) is 66.9 Å². The lowest BCUT2D eigenvalue weighted by Crippen LogP contribution is -2.24. The van der Waals surface area contributed by atoms with E-state index in [2.05, 4.69) is 32.9 Å². The van der Waals surface area contributed by atoms with Crippen LogP contribution >= 0.6 is 22.6 Å². The van der Waals surface area contributed by atoms with Gasteiger partial charge in [-0.1, -0.05) is 24.3 Å². The number of pyridine rings is 1. The third-order valence-electron chi connectivity index (χ3n) is 3.50. The zero-order chi connectivity index (χ0) is 17.6. The second-order valence-corrected chi connectivity index (χ2v) is 6.46. The van der Waals surface area contributed by atoms with Crippen molar-refractivity contribution in [3.05, 3.63) is 81.6 Å². The standard InChI is InChI=1S/C19H16IN3O2/c20-16-8-1-2-9-17(16)25-14-6-3-5-13(11-14)12-23-19(24)15-7-4-10-22-18(15)21/h1-11H,12H2,(H2,21,22)(H,23,24). The molecule has 126 valence electrons. The first-order valence-corrected chi connectivity index (χ1v) is 8.71. The van der Waals surface area contributed by atoms with Crippen LogP contribution in [0.25, 0.3) is 0 Å². The maximum absolute atomic E-state index is 12.2. The van der Waals surface area contributed by atoms with Crippen molar-refractivity contribution in [1.29, 1.82) is 0 Å². The molecule has 0 unspecified atom stereocenters. The largest absolute Gasteiger partial charge is 0.456 e. The van der Waals surface area contributed by atoms with E-state index >= 15 is 0 Å². The lowest BCUT2D eigenvalue weighted by molar-refractivity contribution is 0.0951. The van der Waals surface area contributed by atoms with Gasteiger partial charge in [-0.15, -0.1) is 0 Å². The Labute approximate surface area is 159 Å². The third kappa shape index (κ3) is 4.48. The molecule has 0 radical (unpaired) electrons. The highest BCUT2D eigenvalue weighted by Crippen LogP contribution is 2.26. The van der Waals surface area contributed by atoms with E-state index in [1.807, 2.05) is 48.5 Å². The number of anilines is 1. The van der Waals surface area contributed by atoms with Gasteiger partial charge in [0.2, 0.25) is 0 Å². The molecule has 25 heavy (non-hydrogen) atoms. The molecule has 3 rings (SSSR count). The second-order valence-electron chi connectivity index (χ2n) is 5.30. The van der Waals surface area contributed by atoms with Crippen LogP contribution in [0, 0.1) is 3.57 Å². The minimum atomic E-state index is -0.255. The van der Waals surface area contributed by atoms with E-state index in [0.29, 0.717) is 12.1 Å². The first-order chi connectivity index (χ1) is 12.1. The fourth-order valence-corrected chi connectivity index (χ4v) is 2.76. The average Bonchev–Trinajstić information content (AvgIpc) is 2.62. The summed E-state index contributed by atoms with van der Waals surface area (Å²) in [6, 6.07) is 18.7. The van der Waals surface area contributed by atoms with Gasteiger partial charge in [-0.05, 0) is 64.6 Å². The van der Waals surface area contributed by atoms with Gasteiger partial charge in [-0.2, -0.15) is 0 Å². The Balaban J connectivity index is 1.67. The van der Waals surface area contributed by atoms with Gasteiger partial charge >= 0.3 is 0 Å². The van der Waals surface area contributed by atoms with Gasteiger partial charge in [0.1, 0.15) is 17.3 Å². The number of para-hydroxylation sites is 1. The number of carbonyl (C=O) groups is 1. The van der Waals surface area contributed by atoms with Crippen molar-refractivity contribution >= 4 is 34.3 Å². The number of hydrogen-bond donors (Lipinski definition) is 2. The number of benzene rings is 2. The summed E-state index contributed by atoms with van der Waals surface area (Å²) in [4.78, 5) is 16.1. The molecule has 1 amide bonds. The molecule has 0 aliphatic rings. The Morgan fingerprint density at radius 3 is 2.76 bits per heavy atom. The molecule has 0 aliphatic heterocycles. The Bertz CT molecular complexity index is 899. The van der Waals surface area contributed by atoms with Crippen molar-refractivity contribution in [2.24, 2.45) is 0 Å². The molecule has 6 heteroatoms. The second kappa shape index (κ2) is 7.98. The van der Waals surface area contributed by atoms with Crippen LogP contribution in [0.1, 0.15) is 15.9 Å². The number of amides is 1. The smallest absolute Gasteiger partial charge is 0.255 e. The highest BCUT2D eigenvalue weighted by Gasteiger charge is 2.10. The molecule has 0 spiro atoms. The quantitative estimate of drug-likeness (QED) is 0.583. The van der Waals surface area contributed by atoms with Crippen molar-refractivity contribution in [2.45, 2.75) is 6.54 Å². The van der Waals surface area contributed by atoms with Crippen LogP contribution in [0.4, 0.5) is 5.82 Å². The molecule has 3 N–H and O–H groups in total. The molecule has 3 aromatic rings. The van der Waals surface area contributed by atoms with Gasteiger partial charge in [0.05, 0.1) is 9.13 Å². The summed E-state index contributed by atoms with van der Waals surface area (Å²) in [6.45, 7) is 0.371. The molecule has 2 aromatic carbocycles. The van der Waals surface area contributed by atoms with Gasteiger partial charge in [0.25, 0.3) is 5.91 Å². The summed E-state index contributed by atoms with van der Waals surface area (Å²) in [5.74, 6) is 1.48. The number of hydrogen-bond acceptors (Lipinski definition) is 4. The first-order valence-electron chi connectivity index (χ1n) is 7.63. The maximum atomic E-state index is 12.2. The van der Waals surface area contributed by atoms with E-state index < -0.39 is 0 Å². The predicted octanol–water partition coefficient (Wildman–Crippen LogP) is 3.99. The van der Waals surface area contributed by atoms with Crippen molar-refractivity contribution < 1.29 is 9.53 Å². The summed E-state index contributed by atoms with van der Waals surface area (Å²) >= 11 is 2.23.